The summed E-state index contributed by atoms with van der Waals surface area (Å²) in [5.41, 5.74) is 1.12. The molecule has 0 N–H and O–H groups in total. The van der Waals surface area contributed by atoms with Gasteiger partial charge in [-0.2, -0.15) is 0 Å². The maximum Gasteiger partial charge on any atom is 0.0907 e. The molecule has 1 nitrogen and oxygen atoms in total. The van der Waals surface area contributed by atoms with Crippen LogP contribution in [0.3, 0.4) is 0 Å². The fourth-order valence-electron chi connectivity index (χ4n) is 1.15. The first-order valence-corrected chi connectivity index (χ1v) is 5.75. The maximum atomic E-state index is 4.40. The molecule has 0 amide bonds. The van der Waals surface area contributed by atoms with Gasteiger partial charge >= 0.3 is 0 Å². The van der Waals surface area contributed by atoms with E-state index >= 15 is 0 Å². The Labute approximate surface area is 79.8 Å². The molecule has 0 spiro atoms. The molecule has 1 aromatic heterocycles. The van der Waals surface area contributed by atoms with Gasteiger partial charge in [-0.25, -0.2) is 4.98 Å². The van der Waals surface area contributed by atoms with Crippen LogP contribution in [0, 0.1) is 6.92 Å². The molecule has 1 heterocycles. The Kier molecular flexibility index (Phi) is 2.07. The average molecular weight is 195 g/mol. The van der Waals surface area contributed by atoms with Crippen molar-refractivity contribution in [1.29, 1.82) is 0 Å². The second-order valence-electron chi connectivity index (χ2n) is 2.57. The third kappa shape index (κ3) is 1.34. The lowest BCUT2D eigenvalue weighted by molar-refractivity contribution is 1.34. The van der Waals surface area contributed by atoms with Gasteiger partial charge in [0.25, 0.3) is 0 Å². The van der Waals surface area contributed by atoms with Crippen LogP contribution >= 0.6 is 23.1 Å². The number of aromatic nitrogens is 1. The first kappa shape index (κ1) is 8.08. The quantitative estimate of drug-likeness (QED) is 0.647. The van der Waals surface area contributed by atoms with E-state index in [9.17, 15) is 0 Å². The smallest absolute Gasteiger partial charge is 0.0907 e. The molecule has 1 aromatic carbocycles. The highest BCUT2D eigenvalue weighted by atomic mass is 32.2. The Morgan fingerprint density at radius 1 is 1.42 bits per heavy atom. The lowest BCUT2D eigenvalue weighted by Crippen LogP contribution is -1.70. The van der Waals surface area contributed by atoms with Gasteiger partial charge < -0.3 is 0 Å². The summed E-state index contributed by atoms with van der Waals surface area (Å²) in [5, 5.41) is 1.14. The molecule has 0 radical (unpaired) electrons. The SMILES string of the molecule is CSc1ccc2nc(C)sc2c1. The highest BCUT2D eigenvalue weighted by Gasteiger charge is 1.99. The van der Waals surface area contributed by atoms with Gasteiger partial charge in [-0.1, -0.05) is 0 Å². The monoisotopic (exact) mass is 195 g/mol. The van der Waals surface area contributed by atoms with Crippen LogP contribution in [0.5, 0.6) is 0 Å². The van der Waals surface area contributed by atoms with Crippen molar-refractivity contribution in [2.75, 3.05) is 6.26 Å². The van der Waals surface area contributed by atoms with E-state index in [1.165, 1.54) is 9.60 Å². The van der Waals surface area contributed by atoms with Crippen molar-refractivity contribution in [3.05, 3.63) is 23.2 Å². The van der Waals surface area contributed by atoms with E-state index in [4.69, 9.17) is 0 Å². The van der Waals surface area contributed by atoms with Crippen LogP contribution in [-0.2, 0) is 0 Å². The fourth-order valence-corrected chi connectivity index (χ4v) is 2.53. The van der Waals surface area contributed by atoms with Crippen LogP contribution in [0.2, 0.25) is 0 Å². The van der Waals surface area contributed by atoms with E-state index in [1.807, 2.05) is 6.92 Å². The summed E-state index contributed by atoms with van der Waals surface area (Å²) in [5.74, 6) is 0. The molecule has 0 fully saturated rings. The van der Waals surface area contributed by atoms with Gasteiger partial charge in [-0.15, -0.1) is 23.1 Å². The summed E-state index contributed by atoms with van der Waals surface area (Å²) >= 11 is 3.53. The van der Waals surface area contributed by atoms with Gasteiger partial charge in [0, 0.05) is 4.90 Å². The van der Waals surface area contributed by atoms with Crippen LogP contribution in [0.25, 0.3) is 10.2 Å². The first-order chi connectivity index (χ1) is 5.79. The minimum atomic E-state index is 1.12. The molecule has 2 rings (SSSR count). The van der Waals surface area contributed by atoms with Crippen LogP contribution in [0.1, 0.15) is 5.01 Å². The highest BCUT2D eigenvalue weighted by molar-refractivity contribution is 7.98. The highest BCUT2D eigenvalue weighted by Crippen LogP contribution is 2.25. The molecule has 12 heavy (non-hydrogen) atoms. The van der Waals surface area contributed by atoms with Crippen molar-refractivity contribution in [3.63, 3.8) is 0 Å². The number of rotatable bonds is 1. The molecule has 0 aliphatic carbocycles. The maximum absolute atomic E-state index is 4.40. The Bertz CT molecular complexity index is 406. The zero-order valence-electron chi connectivity index (χ0n) is 7.00. The van der Waals surface area contributed by atoms with Gasteiger partial charge in [0.2, 0.25) is 0 Å². The molecule has 2 aromatic rings. The van der Waals surface area contributed by atoms with Crippen molar-refractivity contribution >= 4 is 33.3 Å². The van der Waals surface area contributed by atoms with Gasteiger partial charge in [0.15, 0.2) is 0 Å². The fraction of sp³-hybridized carbons (Fsp3) is 0.222. The number of hydrogen-bond donors (Lipinski definition) is 0. The van der Waals surface area contributed by atoms with Crippen molar-refractivity contribution in [2.45, 2.75) is 11.8 Å². The molecule has 0 atom stereocenters. The van der Waals surface area contributed by atoms with Crippen LogP contribution in [-0.4, -0.2) is 11.2 Å². The lowest BCUT2D eigenvalue weighted by Gasteiger charge is -1.93. The van der Waals surface area contributed by atoms with Gasteiger partial charge in [-0.05, 0) is 31.4 Å². The third-order valence-electron chi connectivity index (χ3n) is 1.70. The Morgan fingerprint density at radius 3 is 3.00 bits per heavy atom. The molecule has 0 unspecified atom stereocenters. The van der Waals surface area contributed by atoms with Crippen molar-refractivity contribution in [3.8, 4) is 0 Å². The standard InChI is InChI=1S/C9H9NS2/c1-6-10-8-4-3-7(11-2)5-9(8)12-6/h3-5H,1-2H3. The lowest BCUT2D eigenvalue weighted by atomic mass is 10.3. The topological polar surface area (TPSA) is 12.9 Å². The van der Waals surface area contributed by atoms with Gasteiger partial charge in [-0.3, -0.25) is 0 Å². The van der Waals surface area contributed by atoms with Crippen LogP contribution in [0.15, 0.2) is 23.1 Å². The second-order valence-corrected chi connectivity index (χ2v) is 4.68. The molecule has 0 saturated heterocycles. The van der Waals surface area contributed by atoms with E-state index in [-0.39, 0.29) is 0 Å². The summed E-state index contributed by atoms with van der Waals surface area (Å²) in [7, 11) is 0. The Hall–Kier alpha value is -0.540. The second kappa shape index (κ2) is 3.07. The molecule has 0 aliphatic heterocycles. The number of benzene rings is 1. The predicted molar refractivity (Wildman–Crippen MR) is 56.1 cm³/mol. The molecule has 0 saturated carbocycles. The zero-order chi connectivity index (χ0) is 8.55. The first-order valence-electron chi connectivity index (χ1n) is 3.71. The number of thiazole rings is 1. The number of fused-ring (bicyclic) bond motifs is 1. The van der Waals surface area contributed by atoms with Crippen molar-refractivity contribution in [1.82, 2.24) is 4.98 Å². The normalized spacial score (nSPS) is 10.8. The summed E-state index contributed by atoms with van der Waals surface area (Å²) in [6.07, 6.45) is 2.09. The van der Waals surface area contributed by atoms with E-state index in [2.05, 4.69) is 29.4 Å². The van der Waals surface area contributed by atoms with Crippen molar-refractivity contribution < 1.29 is 0 Å². The Balaban J connectivity index is 2.66. The van der Waals surface area contributed by atoms with E-state index < -0.39 is 0 Å². The summed E-state index contributed by atoms with van der Waals surface area (Å²) < 4.78 is 1.29. The van der Waals surface area contributed by atoms with Gasteiger partial charge in [0.05, 0.1) is 15.2 Å². The number of aryl methyl sites for hydroxylation is 1. The summed E-state index contributed by atoms with van der Waals surface area (Å²) in [6.45, 7) is 2.05. The molecular weight excluding hydrogens is 186 g/mol. The van der Waals surface area contributed by atoms with Crippen LogP contribution in [0.4, 0.5) is 0 Å². The third-order valence-corrected chi connectivity index (χ3v) is 3.36. The van der Waals surface area contributed by atoms with Gasteiger partial charge in [0.1, 0.15) is 0 Å². The number of thioether (sulfide) groups is 1. The molecule has 3 heteroatoms. The van der Waals surface area contributed by atoms with Crippen molar-refractivity contribution in [2.24, 2.45) is 0 Å². The zero-order valence-corrected chi connectivity index (χ0v) is 8.63. The average Bonchev–Trinajstić information content (AvgIpc) is 2.43. The molecule has 0 aliphatic rings. The van der Waals surface area contributed by atoms with E-state index in [0.29, 0.717) is 0 Å². The molecule has 0 bridgehead atoms. The number of nitrogens with zero attached hydrogens (tertiary/aromatic N) is 1. The van der Waals surface area contributed by atoms with Crippen LogP contribution < -0.4 is 0 Å². The molecular formula is C9H9NS2. The van der Waals surface area contributed by atoms with E-state index in [0.717, 1.165) is 10.5 Å². The number of hydrogen-bond acceptors (Lipinski definition) is 3. The van der Waals surface area contributed by atoms with E-state index in [1.54, 1.807) is 23.1 Å². The minimum absolute atomic E-state index is 1.12. The summed E-state index contributed by atoms with van der Waals surface area (Å²) in [4.78, 5) is 5.71. The summed E-state index contributed by atoms with van der Waals surface area (Å²) in [6, 6.07) is 6.40. The largest absolute Gasteiger partial charge is 0.242 e. The minimum Gasteiger partial charge on any atom is -0.242 e. The Morgan fingerprint density at radius 2 is 2.25 bits per heavy atom. The molecule has 62 valence electrons. The predicted octanol–water partition coefficient (Wildman–Crippen LogP) is 3.33.